The third-order valence-electron chi connectivity index (χ3n) is 5.98. The lowest BCUT2D eigenvalue weighted by Gasteiger charge is -2.19. The van der Waals surface area contributed by atoms with Gasteiger partial charge in [0.05, 0.1) is 7.11 Å². The molecule has 1 N–H and O–H groups in total. The Morgan fingerprint density at radius 1 is 0.943 bits per heavy atom. The first-order valence-electron chi connectivity index (χ1n) is 11.6. The highest BCUT2D eigenvalue weighted by molar-refractivity contribution is 6.05. The molecule has 178 valence electrons. The highest BCUT2D eigenvalue weighted by atomic mass is 16.5. The zero-order valence-corrected chi connectivity index (χ0v) is 20.8. The zero-order chi connectivity index (χ0) is 25.0. The number of nitrogens with one attached hydrogen (secondary N) is 1. The molecule has 4 aromatic rings. The van der Waals surface area contributed by atoms with Gasteiger partial charge in [0.2, 0.25) is 0 Å². The fourth-order valence-electron chi connectivity index (χ4n) is 3.80. The summed E-state index contributed by atoms with van der Waals surface area (Å²) < 4.78 is 5.22. The summed E-state index contributed by atoms with van der Waals surface area (Å²) in [5, 5.41) is 3.04. The van der Waals surface area contributed by atoms with Crippen LogP contribution in [0.3, 0.4) is 0 Å². The van der Waals surface area contributed by atoms with Crippen molar-refractivity contribution in [1.82, 2.24) is 15.0 Å². The molecule has 4 rings (SSSR count). The van der Waals surface area contributed by atoms with Crippen LogP contribution in [0.4, 0.5) is 5.69 Å². The van der Waals surface area contributed by atoms with Gasteiger partial charge in [-0.3, -0.25) is 4.79 Å². The molecular formula is C29H30N4O2. The minimum Gasteiger partial charge on any atom is -0.497 e. The predicted octanol–water partition coefficient (Wildman–Crippen LogP) is 6.00. The third kappa shape index (κ3) is 5.72. The Morgan fingerprint density at radius 3 is 2.31 bits per heavy atom. The topological polar surface area (TPSA) is 77.0 Å². The largest absolute Gasteiger partial charge is 0.497 e. The number of hydrogen-bond acceptors (Lipinski definition) is 5. The van der Waals surface area contributed by atoms with Gasteiger partial charge in [0.15, 0.2) is 5.82 Å². The van der Waals surface area contributed by atoms with Crippen molar-refractivity contribution in [3.63, 3.8) is 0 Å². The number of benzene rings is 3. The fraction of sp³-hybridized carbons (Fsp3) is 0.241. The van der Waals surface area contributed by atoms with Crippen LogP contribution in [0.2, 0.25) is 0 Å². The van der Waals surface area contributed by atoms with Gasteiger partial charge in [0.1, 0.15) is 17.9 Å². The van der Waals surface area contributed by atoms with Crippen molar-refractivity contribution in [1.29, 1.82) is 0 Å². The smallest absolute Gasteiger partial charge is 0.255 e. The SMILES string of the molecule is COc1ccc(Cc2ncnc(-c3cccc(NC(=O)c4ccc(C(C)(C)C)cc4)c3C)n2)cc1. The Balaban J connectivity index is 1.54. The highest BCUT2D eigenvalue weighted by Gasteiger charge is 2.16. The van der Waals surface area contributed by atoms with E-state index in [0.717, 1.165) is 28.1 Å². The summed E-state index contributed by atoms with van der Waals surface area (Å²) in [7, 11) is 1.65. The second kappa shape index (κ2) is 10.1. The van der Waals surface area contributed by atoms with Gasteiger partial charge >= 0.3 is 0 Å². The van der Waals surface area contributed by atoms with Crippen LogP contribution >= 0.6 is 0 Å². The van der Waals surface area contributed by atoms with Crippen LogP contribution in [0.25, 0.3) is 11.4 Å². The molecule has 0 aliphatic heterocycles. The fourth-order valence-corrected chi connectivity index (χ4v) is 3.80. The monoisotopic (exact) mass is 466 g/mol. The molecule has 0 aliphatic rings. The van der Waals surface area contributed by atoms with E-state index in [1.807, 2.05) is 73.7 Å². The second-order valence-corrected chi connectivity index (χ2v) is 9.51. The van der Waals surface area contributed by atoms with E-state index in [-0.39, 0.29) is 11.3 Å². The number of carbonyl (C=O) groups is 1. The third-order valence-corrected chi connectivity index (χ3v) is 5.98. The van der Waals surface area contributed by atoms with Crippen LogP contribution in [0.1, 0.15) is 53.6 Å². The summed E-state index contributed by atoms with van der Waals surface area (Å²) in [6.45, 7) is 8.42. The molecule has 0 fully saturated rings. The molecule has 0 saturated heterocycles. The van der Waals surface area contributed by atoms with Gasteiger partial charge in [-0.25, -0.2) is 15.0 Å². The molecule has 35 heavy (non-hydrogen) atoms. The van der Waals surface area contributed by atoms with Crippen molar-refractivity contribution in [3.05, 3.63) is 101 Å². The number of ether oxygens (including phenoxy) is 1. The number of nitrogens with zero attached hydrogens (tertiary/aromatic N) is 3. The lowest BCUT2D eigenvalue weighted by Crippen LogP contribution is -2.15. The Hall–Kier alpha value is -4.06. The summed E-state index contributed by atoms with van der Waals surface area (Å²) in [6, 6.07) is 21.3. The van der Waals surface area contributed by atoms with Gasteiger partial charge in [-0.2, -0.15) is 0 Å². The second-order valence-electron chi connectivity index (χ2n) is 9.51. The lowest BCUT2D eigenvalue weighted by atomic mass is 9.86. The maximum Gasteiger partial charge on any atom is 0.255 e. The summed E-state index contributed by atoms with van der Waals surface area (Å²) in [5.41, 5.74) is 5.40. The molecule has 6 heteroatoms. The van der Waals surface area contributed by atoms with E-state index in [2.05, 4.69) is 41.0 Å². The van der Waals surface area contributed by atoms with E-state index in [0.29, 0.717) is 23.6 Å². The first-order chi connectivity index (χ1) is 16.7. The number of aromatic nitrogens is 3. The number of methoxy groups -OCH3 is 1. The van der Waals surface area contributed by atoms with Gasteiger partial charge in [0, 0.05) is 23.2 Å². The Labute approximate surface area is 206 Å². The van der Waals surface area contributed by atoms with Gasteiger partial charge in [0.25, 0.3) is 5.91 Å². The number of carbonyl (C=O) groups excluding carboxylic acids is 1. The lowest BCUT2D eigenvalue weighted by molar-refractivity contribution is 0.102. The van der Waals surface area contributed by atoms with Crippen LogP contribution in [0, 0.1) is 6.92 Å². The summed E-state index contributed by atoms with van der Waals surface area (Å²) in [4.78, 5) is 26.3. The highest BCUT2D eigenvalue weighted by Crippen LogP contribution is 2.27. The molecule has 0 radical (unpaired) electrons. The van der Waals surface area contributed by atoms with Crippen LogP contribution < -0.4 is 10.1 Å². The standard InChI is InChI=1S/C29H30N4O2/c1-19-24(27-31-18-30-26(33-27)17-20-9-15-23(35-5)16-10-20)7-6-8-25(19)32-28(34)21-11-13-22(14-12-21)29(2,3)4/h6-16,18H,17H2,1-5H3,(H,32,34). The molecule has 3 aromatic carbocycles. The zero-order valence-electron chi connectivity index (χ0n) is 20.8. The van der Waals surface area contributed by atoms with Crippen LogP contribution in [0.5, 0.6) is 5.75 Å². The van der Waals surface area contributed by atoms with Crippen LogP contribution in [0.15, 0.2) is 73.1 Å². The summed E-state index contributed by atoms with van der Waals surface area (Å²) in [6.07, 6.45) is 2.11. The molecule has 0 aliphatic carbocycles. The summed E-state index contributed by atoms with van der Waals surface area (Å²) in [5.74, 6) is 1.91. The maximum atomic E-state index is 12.9. The minimum atomic E-state index is -0.151. The molecular weight excluding hydrogens is 436 g/mol. The summed E-state index contributed by atoms with van der Waals surface area (Å²) >= 11 is 0. The number of hydrogen-bond donors (Lipinski definition) is 1. The van der Waals surface area contributed by atoms with Crippen molar-refractivity contribution in [2.24, 2.45) is 0 Å². The van der Waals surface area contributed by atoms with Gasteiger partial charge in [-0.05, 0) is 59.4 Å². The van der Waals surface area contributed by atoms with E-state index < -0.39 is 0 Å². The quantitative estimate of drug-likeness (QED) is 0.377. The molecule has 0 unspecified atom stereocenters. The molecule has 1 aromatic heterocycles. The van der Waals surface area contributed by atoms with Crippen LogP contribution in [-0.4, -0.2) is 28.0 Å². The van der Waals surface area contributed by atoms with E-state index in [1.165, 1.54) is 11.9 Å². The van der Waals surface area contributed by atoms with E-state index >= 15 is 0 Å². The number of rotatable bonds is 6. The average Bonchev–Trinajstić information content (AvgIpc) is 2.85. The first kappa shape index (κ1) is 24.1. The molecule has 1 heterocycles. The Morgan fingerprint density at radius 2 is 1.66 bits per heavy atom. The minimum absolute atomic E-state index is 0.0384. The molecule has 6 nitrogen and oxygen atoms in total. The molecule has 0 bridgehead atoms. The van der Waals surface area contributed by atoms with Crippen LogP contribution in [-0.2, 0) is 11.8 Å². The van der Waals surface area contributed by atoms with Gasteiger partial charge < -0.3 is 10.1 Å². The maximum absolute atomic E-state index is 12.9. The number of anilines is 1. The van der Waals surface area contributed by atoms with E-state index in [4.69, 9.17) is 4.74 Å². The van der Waals surface area contributed by atoms with Crippen molar-refractivity contribution in [2.45, 2.75) is 39.5 Å². The predicted molar refractivity (Wildman–Crippen MR) is 139 cm³/mol. The van der Waals surface area contributed by atoms with E-state index in [1.54, 1.807) is 7.11 Å². The van der Waals surface area contributed by atoms with Crippen molar-refractivity contribution in [2.75, 3.05) is 12.4 Å². The normalized spacial score (nSPS) is 11.2. The van der Waals surface area contributed by atoms with Crippen molar-refractivity contribution < 1.29 is 9.53 Å². The van der Waals surface area contributed by atoms with Crippen molar-refractivity contribution in [3.8, 4) is 17.1 Å². The molecule has 0 saturated carbocycles. The Kier molecular flexibility index (Phi) is 6.92. The molecule has 0 spiro atoms. The average molecular weight is 467 g/mol. The first-order valence-corrected chi connectivity index (χ1v) is 11.6. The van der Waals surface area contributed by atoms with Gasteiger partial charge in [-0.1, -0.05) is 57.2 Å². The molecule has 0 atom stereocenters. The van der Waals surface area contributed by atoms with Gasteiger partial charge in [-0.15, -0.1) is 0 Å². The molecule has 1 amide bonds. The van der Waals surface area contributed by atoms with E-state index in [9.17, 15) is 4.79 Å². The van der Waals surface area contributed by atoms with Crippen molar-refractivity contribution >= 4 is 11.6 Å². The Bertz CT molecular complexity index is 1320. The number of amides is 1.